The van der Waals surface area contributed by atoms with Gasteiger partial charge in [0.15, 0.2) is 0 Å². The van der Waals surface area contributed by atoms with Crippen molar-refractivity contribution in [3.05, 3.63) is 34.5 Å². The molecule has 0 saturated carbocycles. The van der Waals surface area contributed by atoms with Crippen molar-refractivity contribution in [2.45, 2.75) is 20.8 Å². The first-order valence-corrected chi connectivity index (χ1v) is 5.71. The maximum atomic E-state index is 12.1. The summed E-state index contributed by atoms with van der Waals surface area (Å²) < 4.78 is 8.41. The largest absolute Gasteiger partial charge is 0.494 e. The second-order valence-electron chi connectivity index (χ2n) is 4.11. The molecule has 1 aromatic carbocycles. The maximum absolute atomic E-state index is 12.1. The molecule has 0 radical (unpaired) electrons. The standard InChI is InChI=1S/C13H17N2O2/c1-5-17-11-6-7-12-13(8-11)15(16)10(3)9(2)14(12)4/h6-8H,5H2,1-4H3/q+1. The maximum Gasteiger partial charge on any atom is 0.290 e. The molecule has 0 aliphatic rings. The van der Waals surface area contributed by atoms with Gasteiger partial charge in [-0.3, -0.25) is 0 Å². The lowest BCUT2D eigenvalue weighted by Crippen LogP contribution is -2.24. The fourth-order valence-electron chi connectivity index (χ4n) is 1.96. The Bertz CT molecular complexity index is 629. The van der Waals surface area contributed by atoms with Crippen molar-refractivity contribution < 1.29 is 9.16 Å². The first kappa shape index (κ1) is 11.6. The number of fused-ring (bicyclic) bond motifs is 1. The quantitative estimate of drug-likeness (QED) is 0.745. The summed E-state index contributed by atoms with van der Waals surface area (Å²) in [5.41, 5.74) is 3.23. The summed E-state index contributed by atoms with van der Waals surface area (Å²) in [6, 6.07) is 5.60. The molecule has 0 fully saturated rings. The van der Waals surface area contributed by atoms with Crippen molar-refractivity contribution in [1.29, 1.82) is 0 Å². The average Bonchev–Trinajstić information content (AvgIpc) is 2.34. The molecule has 0 spiro atoms. The molecule has 0 amide bonds. The van der Waals surface area contributed by atoms with Gasteiger partial charge in [-0.15, -0.1) is 0 Å². The Balaban J connectivity index is 2.82. The van der Waals surface area contributed by atoms with Crippen LogP contribution in [-0.2, 0) is 7.05 Å². The van der Waals surface area contributed by atoms with Crippen LogP contribution in [0, 0.1) is 18.8 Å². The molecule has 0 bridgehead atoms. The lowest BCUT2D eigenvalue weighted by Gasteiger charge is -2.07. The lowest BCUT2D eigenvalue weighted by atomic mass is 10.2. The van der Waals surface area contributed by atoms with Gasteiger partial charge in [-0.25, -0.2) is 0 Å². The average molecular weight is 233 g/mol. The van der Waals surface area contributed by atoms with Gasteiger partial charge in [0, 0.05) is 18.9 Å². The zero-order chi connectivity index (χ0) is 12.6. The second kappa shape index (κ2) is 4.20. The number of aryl methyl sites for hydroxylation is 1. The molecular weight excluding hydrogens is 216 g/mol. The van der Waals surface area contributed by atoms with Gasteiger partial charge in [0.2, 0.25) is 0 Å². The molecule has 0 atom stereocenters. The summed E-state index contributed by atoms with van der Waals surface area (Å²) in [5.74, 6) is 0.729. The first-order chi connectivity index (χ1) is 8.06. The van der Waals surface area contributed by atoms with Gasteiger partial charge in [0.25, 0.3) is 11.2 Å². The van der Waals surface area contributed by atoms with Crippen molar-refractivity contribution >= 4 is 11.0 Å². The fraction of sp³-hybridized carbons (Fsp3) is 0.385. The van der Waals surface area contributed by atoms with Crippen LogP contribution in [0.1, 0.15) is 18.3 Å². The van der Waals surface area contributed by atoms with E-state index in [9.17, 15) is 4.91 Å². The second-order valence-corrected chi connectivity index (χ2v) is 4.11. The molecule has 1 aromatic heterocycles. The molecule has 1 heterocycles. The summed E-state index contributed by atoms with van der Waals surface area (Å²) in [5, 5.41) is 0. The van der Waals surface area contributed by atoms with Gasteiger partial charge in [0.05, 0.1) is 22.8 Å². The minimum absolute atomic E-state index is 0.599. The number of hydrogen-bond donors (Lipinski definition) is 0. The lowest BCUT2D eigenvalue weighted by molar-refractivity contribution is -0.473. The highest BCUT2D eigenvalue weighted by Gasteiger charge is 2.17. The van der Waals surface area contributed by atoms with Gasteiger partial charge in [0.1, 0.15) is 11.3 Å². The summed E-state index contributed by atoms with van der Waals surface area (Å²) in [6.45, 7) is 6.30. The predicted molar refractivity (Wildman–Crippen MR) is 66.9 cm³/mol. The van der Waals surface area contributed by atoms with Crippen LogP contribution in [0.5, 0.6) is 5.75 Å². The van der Waals surface area contributed by atoms with Crippen LogP contribution in [-0.4, -0.2) is 11.2 Å². The van der Waals surface area contributed by atoms with E-state index in [0.717, 1.165) is 21.4 Å². The smallest absolute Gasteiger partial charge is 0.290 e. The molecule has 0 aliphatic carbocycles. The number of aromatic nitrogens is 2. The number of nitrogens with zero attached hydrogens (tertiary/aromatic N) is 2. The number of benzene rings is 1. The minimum atomic E-state index is 0.599. The molecule has 0 unspecified atom stereocenters. The van der Waals surface area contributed by atoms with Crippen LogP contribution in [0.15, 0.2) is 18.2 Å². The molecule has 2 rings (SSSR count). The Morgan fingerprint density at radius 2 is 2.06 bits per heavy atom. The van der Waals surface area contributed by atoms with E-state index in [1.807, 2.05) is 44.5 Å². The Kier molecular flexibility index (Phi) is 2.88. The van der Waals surface area contributed by atoms with Gasteiger partial charge in [-0.05, 0) is 26.0 Å². The van der Waals surface area contributed by atoms with Crippen molar-refractivity contribution in [1.82, 2.24) is 4.57 Å². The minimum Gasteiger partial charge on any atom is -0.494 e. The van der Waals surface area contributed by atoms with Crippen molar-refractivity contribution in [2.75, 3.05) is 6.61 Å². The zero-order valence-corrected chi connectivity index (χ0v) is 10.7. The monoisotopic (exact) mass is 233 g/mol. The van der Waals surface area contributed by atoms with Crippen LogP contribution >= 0.6 is 0 Å². The van der Waals surface area contributed by atoms with Crippen LogP contribution < -0.4 is 9.16 Å². The Labute approximate surface area is 100 Å². The van der Waals surface area contributed by atoms with E-state index in [1.165, 1.54) is 0 Å². The SMILES string of the molecule is CCOc1ccc2c(c1)[n+](=O)c(C)c(C)n2C. The molecule has 4 heteroatoms. The van der Waals surface area contributed by atoms with Gasteiger partial charge >= 0.3 is 0 Å². The van der Waals surface area contributed by atoms with E-state index < -0.39 is 0 Å². The summed E-state index contributed by atoms with van der Waals surface area (Å²) in [6.07, 6.45) is 0. The molecule has 2 aromatic rings. The number of rotatable bonds is 2. The molecule has 4 nitrogen and oxygen atoms in total. The van der Waals surface area contributed by atoms with Crippen molar-refractivity contribution in [3.8, 4) is 5.75 Å². The molecule has 0 N–H and O–H groups in total. The Morgan fingerprint density at radius 1 is 1.35 bits per heavy atom. The molecular formula is C13H17N2O2+. The van der Waals surface area contributed by atoms with Crippen LogP contribution in [0.3, 0.4) is 0 Å². The third kappa shape index (κ3) is 1.79. The van der Waals surface area contributed by atoms with Crippen molar-refractivity contribution in [3.63, 3.8) is 0 Å². The predicted octanol–water partition coefficient (Wildman–Crippen LogP) is 2.11. The first-order valence-electron chi connectivity index (χ1n) is 5.71. The number of hydrogen-bond acceptors (Lipinski definition) is 2. The molecule has 0 saturated heterocycles. The van der Waals surface area contributed by atoms with Gasteiger partial charge in [-0.1, -0.05) is 0 Å². The van der Waals surface area contributed by atoms with Crippen LogP contribution in [0.2, 0.25) is 0 Å². The van der Waals surface area contributed by atoms with Crippen LogP contribution in [0.4, 0.5) is 0 Å². The summed E-state index contributed by atoms with van der Waals surface area (Å²) in [4.78, 5) is 12.1. The van der Waals surface area contributed by atoms with E-state index in [0.29, 0.717) is 17.8 Å². The molecule has 90 valence electrons. The Hall–Kier alpha value is -1.84. The highest BCUT2D eigenvalue weighted by molar-refractivity contribution is 5.73. The number of ether oxygens (including phenoxy) is 1. The van der Waals surface area contributed by atoms with Crippen LogP contribution in [0.25, 0.3) is 11.0 Å². The normalized spacial score (nSPS) is 10.8. The molecule has 0 aliphatic heterocycles. The highest BCUT2D eigenvalue weighted by Crippen LogP contribution is 2.19. The third-order valence-electron chi connectivity index (χ3n) is 3.17. The summed E-state index contributed by atoms with van der Waals surface area (Å²) in [7, 11) is 1.96. The Morgan fingerprint density at radius 3 is 2.71 bits per heavy atom. The van der Waals surface area contributed by atoms with E-state index >= 15 is 0 Å². The summed E-state index contributed by atoms with van der Waals surface area (Å²) >= 11 is 0. The highest BCUT2D eigenvalue weighted by atomic mass is 16.5. The van der Waals surface area contributed by atoms with Gasteiger partial charge < -0.3 is 9.30 Å². The topological polar surface area (TPSA) is 37.1 Å². The van der Waals surface area contributed by atoms with E-state index in [2.05, 4.69) is 0 Å². The van der Waals surface area contributed by atoms with E-state index in [-0.39, 0.29) is 0 Å². The van der Waals surface area contributed by atoms with E-state index in [1.54, 1.807) is 6.07 Å². The van der Waals surface area contributed by atoms with E-state index in [4.69, 9.17) is 4.74 Å². The fourth-order valence-corrected chi connectivity index (χ4v) is 1.96. The third-order valence-corrected chi connectivity index (χ3v) is 3.17. The van der Waals surface area contributed by atoms with Gasteiger partial charge in [-0.2, -0.15) is 0 Å². The molecule has 17 heavy (non-hydrogen) atoms. The zero-order valence-electron chi connectivity index (χ0n) is 10.7. The van der Waals surface area contributed by atoms with Crippen molar-refractivity contribution in [2.24, 2.45) is 7.05 Å².